The van der Waals surface area contributed by atoms with Crippen LogP contribution in [0.25, 0.3) is 0 Å². The van der Waals surface area contributed by atoms with Gasteiger partial charge in [-0.15, -0.1) is 18.3 Å². The molecule has 0 aromatic heterocycles. The van der Waals surface area contributed by atoms with Crippen LogP contribution in [0.3, 0.4) is 0 Å². The summed E-state index contributed by atoms with van der Waals surface area (Å²) in [6, 6.07) is -0.585. The minimum Gasteiger partial charge on any atom is -0.481 e. The lowest BCUT2D eigenvalue weighted by atomic mass is 9.71. The van der Waals surface area contributed by atoms with E-state index in [1.807, 2.05) is 11.8 Å². The van der Waals surface area contributed by atoms with Crippen molar-refractivity contribution >= 4 is 29.5 Å². The zero-order valence-corrected chi connectivity index (χ0v) is 20.2. The van der Waals surface area contributed by atoms with Crippen LogP contribution in [0.2, 0.25) is 0 Å². The predicted molar refractivity (Wildman–Crippen MR) is 125 cm³/mol. The number of carboxylic acid groups (broad SMARTS) is 1. The van der Waals surface area contributed by atoms with E-state index in [0.717, 1.165) is 44.9 Å². The molecule has 6 atom stereocenters. The summed E-state index contributed by atoms with van der Waals surface area (Å²) in [6.07, 6.45) is 8.21. The van der Waals surface area contributed by atoms with Crippen molar-refractivity contribution in [2.45, 2.75) is 87.3 Å². The first-order chi connectivity index (χ1) is 15.3. The van der Waals surface area contributed by atoms with Gasteiger partial charge in [-0.2, -0.15) is 0 Å². The van der Waals surface area contributed by atoms with Gasteiger partial charge in [-0.3, -0.25) is 14.4 Å². The van der Waals surface area contributed by atoms with Crippen LogP contribution in [0, 0.1) is 11.8 Å². The Morgan fingerprint density at radius 2 is 2.06 bits per heavy atom. The summed E-state index contributed by atoms with van der Waals surface area (Å²) in [6.45, 7) is 8.99. The van der Waals surface area contributed by atoms with Crippen molar-refractivity contribution in [1.29, 1.82) is 0 Å². The lowest BCUT2D eigenvalue weighted by molar-refractivity contribution is -0.148. The van der Waals surface area contributed by atoms with Crippen molar-refractivity contribution in [3.8, 4) is 0 Å². The van der Waals surface area contributed by atoms with Crippen molar-refractivity contribution in [2.75, 3.05) is 19.7 Å². The summed E-state index contributed by atoms with van der Waals surface area (Å²) in [7, 11) is 0. The minimum atomic E-state index is -0.916. The van der Waals surface area contributed by atoms with Crippen LogP contribution in [-0.2, 0) is 14.4 Å². The second-order valence-corrected chi connectivity index (χ2v) is 11.1. The van der Waals surface area contributed by atoms with Crippen molar-refractivity contribution in [2.24, 2.45) is 11.8 Å². The number of carboxylic acids is 1. The first-order valence-corrected chi connectivity index (χ1v) is 12.9. The Bertz CT molecular complexity index is 731. The number of hydrogen-bond donors (Lipinski definition) is 2. The maximum Gasteiger partial charge on any atom is 0.308 e. The van der Waals surface area contributed by atoms with Gasteiger partial charge in [0.15, 0.2) is 0 Å². The molecule has 180 valence electrons. The molecule has 0 aromatic carbocycles. The van der Waals surface area contributed by atoms with Gasteiger partial charge in [0.25, 0.3) is 0 Å². The second-order valence-electron chi connectivity index (χ2n) is 9.48. The SMILES string of the molecule is C=CCN(C(=O)C1N(CCCCCCO)C(=O)[C@@H]2[C@@H](C(=O)O)[C@H]3CCC12S3)C(C)CCC. The number of aliphatic hydroxyl groups excluding tert-OH is 1. The van der Waals surface area contributed by atoms with Gasteiger partial charge >= 0.3 is 5.97 Å². The van der Waals surface area contributed by atoms with Gasteiger partial charge in [-0.05, 0) is 39.0 Å². The van der Waals surface area contributed by atoms with Crippen LogP contribution >= 0.6 is 11.8 Å². The van der Waals surface area contributed by atoms with E-state index in [1.165, 1.54) is 0 Å². The summed E-state index contributed by atoms with van der Waals surface area (Å²) in [4.78, 5) is 43.3. The summed E-state index contributed by atoms with van der Waals surface area (Å²) in [5.41, 5.74) is 0. The number of carbonyl (C=O) groups excluding carboxylic acids is 2. The standard InChI is InChI=1S/C24H38N2O5S/c1-4-10-16(3)25(13-5-2)22(29)20-24-12-11-17(32-24)18(23(30)31)19(24)21(28)26(20)14-8-6-7-9-15-27/h5,16-20,27H,2,4,6-15H2,1,3H3,(H,30,31)/t16?,17-,18+,19+,20?,24?/m1/s1. The number of carbonyl (C=O) groups is 3. The molecule has 8 heteroatoms. The van der Waals surface area contributed by atoms with E-state index in [2.05, 4.69) is 13.5 Å². The highest BCUT2D eigenvalue weighted by molar-refractivity contribution is 8.02. The fourth-order valence-corrected chi connectivity index (χ4v) is 8.27. The number of fused-ring (bicyclic) bond motifs is 1. The maximum atomic E-state index is 14.0. The Balaban J connectivity index is 1.92. The van der Waals surface area contributed by atoms with Gasteiger partial charge < -0.3 is 20.0 Å². The molecule has 32 heavy (non-hydrogen) atoms. The summed E-state index contributed by atoms with van der Waals surface area (Å²) in [5.74, 6) is -2.47. The molecule has 3 saturated heterocycles. The molecule has 3 rings (SSSR count). The zero-order chi connectivity index (χ0) is 23.5. The molecule has 3 heterocycles. The van der Waals surface area contributed by atoms with Gasteiger partial charge in [-0.25, -0.2) is 0 Å². The molecule has 2 amide bonds. The van der Waals surface area contributed by atoms with Crippen molar-refractivity contribution in [3.05, 3.63) is 12.7 Å². The third-order valence-electron chi connectivity index (χ3n) is 7.47. The van der Waals surface area contributed by atoms with Crippen LogP contribution in [0.4, 0.5) is 0 Å². The summed E-state index contributed by atoms with van der Waals surface area (Å²) >= 11 is 1.59. The van der Waals surface area contributed by atoms with E-state index in [4.69, 9.17) is 5.11 Å². The Morgan fingerprint density at radius 1 is 1.34 bits per heavy atom. The fraction of sp³-hybridized carbons (Fsp3) is 0.792. The number of unbranched alkanes of at least 4 members (excludes halogenated alkanes) is 3. The molecule has 7 nitrogen and oxygen atoms in total. The number of amides is 2. The van der Waals surface area contributed by atoms with Gasteiger partial charge in [0.2, 0.25) is 11.8 Å². The molecule has 0 radical (unpaired) electrons. The highest BCUT2D eigenvalue weighted by atomic mass is 32.2. The quantitative estimate of drug-likeness (QED) is 0.320. The van der Waals surface area contributed by atoms with Gasteiger partial charge in [0.1, 0.15) is 6.04 Å². The Morgan fingerprint density at radius 3 is 2.69 bits per heavy atom. The fourth-order valence-electron chi connectivity index (χ4n) is 6.06. The molecule has 3 aliphatic heterocycles. The minimum absolute atomic E-state index is 0.0290. The van der Waals surface area contributed by atoms with E-state index in [-0.39, 0.29) is 29.7 Å². The first-order valence-electron chi connectivity index (χ1n) is 12.1. The Kier molecular flexibility index (Phi) is 8.31. The van der Waals surface area contributed by atoms with Crippen LogP contribution < -0.4 is 0 Å². The van der Waals surface area contributed by atoms with E-state index >= 15 is 0 Å². The molecule has 1 spiro atoms. The third kappa shape index (κ3) is 4.32. The average molecular weight is 467 g/mol. The van der Waals surface area contributed by atoms with E-state index in [9.17, 15) is 19.5 Å². The van der Waals surface area contributed by atoms with Gasteiger partial charge in [0, 0.05) is 31.0 Å². The number of aliphatic carboxylic acids is 1. The number of nitrogens with zero attached hydrogens (tertiary/aromatic N) is 2. The molecule has 3 aliphatic rings. The second kappa shape index (κ2) is 10.6. The van der Waals surface area contributed by atoms with E-state index in [0.29, 0.717) is 19.5 Å². The lowest BCUT2D eigenvalue weighted by Crippen LogP contribution is -2.56. The topological polar surface area (TPSA) is 98.2 Å². The van der Waals surface area contributed by atoms with Crippen molar-refractivity contribution < 1.29 is 24.6 Å². The molecule has 0 aromatic rings. The highest BCUT2D eigenvalue weighted by Crippen LogP contribution is 2.66. The van der Waals surface area contributed by atoms with Crippen molar-refractivity contribution in [1.82, 2.24) is 9.80 Å². The van der Waals surface area contributed by atoms with Crippen LogP contribution in [0.15, 0.2) is 12.7 Å². The van der Waals surface area contributed by atoms with E-state index in [1.54, 1.807) is 22.7 Å². The predicted octanol–water partition coefficient (Wildman–Crippen LogP) is 2.92. The molecular weight excluding hydrogens is 428 g/mol. The normalized spacial score (nSPS) is 31.6. The molecule has 3 unspecified atom stereocenters. The third-order valence-corrected chi connectivity index (χ3v) is 9.43. The van der Waals surface area contributed by atoms with Gasteiger partial charge in [-0.1, -0.05) is 32.3 Å². The van der Waals surface area contributed by atoms with E-state index < -0.39 is 28.6 Å². The summed E-state index contributed by atoms with van der Waals surface area (Å²) < 4.78 is -0.641. The largest absolute Gasteiger partial charge is 0.481 e. The zero-order valence-electron chi connectivity index (χ0n) is 19.4. The Hall–Kier alpha value is -1.54. The molecule has 2 N–H and O–H groups in total. The first kappa shape index (κ1) is 25.1. The van der Waals surface area contributed by atoms with Gasteiger partial charge in [0.05, 0.1) is 16.6 Å². The molecule has 3 fully saturated rings. The number of thioether (sulfide) groups is 1. The monoisotopic (exact) mass is 466 g/mol. The smallest absolute Gasteiger partial charge is 0.308 e. The maximum absolute atomic E-state index is 14.0. The number of likely N-dealkylation sites (tertiary alicyclic amines) is 1. The lowest BCUT2D eigenvalue weighted by Gasteiger charge is -2.39. The molecule has 2 bridgehead atoms. The van der Waals surface area contributed by atoms with Crippen molar-refractivity contribution in [3.63, 3.8) is 0 Å². The van der Waals surface area contributed by atoms with Crippen LogP contribution in [0.1, 0.15) is 65.2 Å². The van der Waals surface area contributed by atoms with Crippen LogP contribution in [-0.4, -0.2) is 79.6 Å². The average Bonchev–Trinajstić information content (AvgIpc) is 3.39. The Labute approximate surface area is 195 Å². The summed E-state index contributed by atoms with van der Waals surface area (Å²) in [5, 5.41) is 18.8. The number of hydrogen-bond acceptors (Lipinski definition) is 5. The van der Waals surface area contributed by atoms with Crippen LogP contribution in [0.5, 0.6) is 0 Å². The molecular formula is C24H38N2O5S. The molecule has 0 saturated carbocycles. The molecule has 0 aliphatic carbocycles. The highest BCUT2D eigenvalue weighted by Gasteiger charge is 2.73. The number of aliphatic hydroxyl groups is 1. The number of rotatable bonds is 13.